The molecule has 1 aromatic carbocycles. The smallest absolute Gasteiger partial charge is 0.342 e. The molecule has 0 radical (unpaired) electrons. The van der Waals surface area contributed by atoms with E-state index in [1.807, 2.05) is 0 Å². The standard InChI is InChI=1S/C12H14O5/c1-6-8(7(2)13)5-9(16-3)11(14)10(6)12(15)17-4/h5,14H,1-4H3. The summed E-state index contributed by atoms with van der Waals surface area (Å²) in [5, 5.41) is 9.84. The second kappa shape index (κ2) is 4.86. The number of aromatic hydroxyl groups is 1. The highest BCUT2D eigenvalue weighted by Gasteiger charge is 2.23. The number of methoxy groups -OCH3 is 2. The van der Waals surface area contributed by atoms with Gasteiger partial charge in [-0.2, -0.15) is 0 Å². The molecule has 0 atom stereocenters. The minimum absolute atomic E-state index is 0.0444. The van der Waals surface area contributed by atoms with Gasteiger partial charge < -0.3 is 14.6 Å². The molecule has 0 bridgehead atoms. The molecule has 0 aliphatic carbocycles. The first-order valence-electron chi connectivity index (χ1n) is 4.93. The molecule has 0 aliphatic rings. The third kappa shape index (κ3) is 2.22. The molecule has 17 heavy (non-hydrogen) atoms. The second-order valence-corrected chi connectivity index (χ2v) is 3.52. The molecular weight excluding hydrogens is 224 g/mol. The summed E-state index contributed by atoms with van der Waals surface area (Å²) < 4.78 is 9.48. The molecule has 1 aromatic rings. The minimum Gasteiger partial charge on any atom is -0.504 e. The van der Waals surface area contributed by atoms with Crippen molar-refractivity contribution in [3.05, 3.63) is 22.8 Å². The second-order valence-electron chi connectivity index (χ2n) is 3.52. The molecule has 0 unspecified atom stereocenters. The van der Waals surface area contributed by atoms with Gasteiger partial charge in [-0.1, -0.05) is 0 Å². The Labute approximate surface area is 99.0 Å². The first-order valence-corrected chi connectivity index (χ1v) is 4.93. The Balaban J connectivity index is 3.61. The van der Waals surface area contributed by atoms with Crippen LogP contribution in [0.3, 0.4) is 0 Å². The van der Waals surface area contributed by atoms with E-state index in [0.717, 1.165) is 0 Å². The Hall–Kier alpha value is -2.04. The summed E-state index contributed by atoms with van der Waals surface area (Å²) in [4.78, 5) is 23.0. The van der Waals surface area contributed by atoms with E-state index in [0.29, 0.717) is 11.1 Å². The number of phenolic OH excluding ortho intramolecular Hbond substituents is 1. The van der Waals surface area contributed by atoms with Gasteiger partial charge in [0, 0.05) is 5.56 Å². The number of esters is 1. The number of Topliss-reactive ketones (excluding diaryl/α,β-unsaturated/α-hetero) is 1. The third-order valence-corrected chi connectivity index (χ3v) is 2.51. The molecule has 0 aromatic heterocycles. The molecule has 0 saturated carbocycles. The van der Waals surface area contributed by atoms with E-state index in [2.05, 4.69) is 4.74 Å². The number of carbonyl (C=O) groups excluding carboxylic acids is 2. The lowest BCUT2D eigenvalue weighted by Gasteiger charge is -2.13. The Morgan fingerprint density at radius 1 is 1.29 bits per heavy atom. The van der Waals surface area contributed by atoms with Crippen molar-refractivity contribution in [1.29, 1.82) is 0 Å². The molecular formula is C12H14O5. The Morgan fingerprint density at radius 3 is 2.29 bits per heavy atom. The van der Waals surface area contributed by atoms with Crippen LogP contribution in [0.25, 0.3) is 0 Å². The number of hydrogen-bond acceptors (Lipinski definition) is 5. The number of hydrogen-bond donors (Lipinski definition) is 1. The van der Waals surface area contributed by atoms with Crippen molar-refractivity contribution in [3.8, 4) is 11.5 Å². The first kappa shape index (κ1) is 13.0. The topological polar surface area (TPSA) is 72.8 Å². The van der Waals surface area contributed by atoms with Crippen molar-refractivity contribution in [2.75, 3.05) is 14.2 Å². The van der Waals surface area contributed by atoms with Gasteiger partial charge >= 0.3 is 5.97 Å². The van der Waals surface area contributed by atoms with Crippen molar-refractivity contribution < 1.29 is 24.2 Å². The number of ketones is 1. The van der Waals surface area contributed by atoms with E-state index in [9.17, 15) is 14.7 Å². The van der Waals surface area contributed by atoms with Crippen LogP contribution in [0, 0.1) is 6.92 Å². The van der Waals surface area contributed by atoms with Crippen LogP contribution in [0.15, 0.2) is 6.07 Å². The Morgan fingerprint density at radius 2 is 1.88 bits per heavy atom. The first-order chi connectivity index (χ1) is 7.93. The molecule has 5 heteroatoms. The molecule has 0 fully saturated rings. The van der Waals surface area contributed by atoms with Crippen molar-refractivity contribution in [1.82, 2.24) is 0 Å². The van der Waals surface area contributed by atoms with Crippen LogP contribution < -0.4 is 4.74 Å². The van der Waals surface area contributed by atoms with Gasteiger partial charge in [0.05, 0.1) is 14.2 Å². The fraction of sp³-hybridized carbons (Fsp3) is 0.333. The highest BCUT2D eigenvalue weighted by molar-refractivity contribution is 6.02. The van der Waals surface area contributed by atoms with Gasteiger partial charge in [-0.3, -0.25) is 4.79 Å². The van der Waals surface area contributed by atoms with Gasteiger partial charge in [-0.05, 0) is 25.5 Å². The van der Waals surface area contributed by atoms with Crippen LogP contribution in [0.5, 0.6) is 11.5 Å². The molecule has 0 saturated heterocycles. The lowest BCUT2D eigenvalue weighted by Crippen LogP contribution is -2.09. The van der Waals surface area contributed by atoms with Crippen LogP contribution >= 0.6 is 0 Å². The third-order valence-electron chi connectivity index (χ3n) is 2.51. The van der Waals surface area contributed by atoms with Gasteiger partial charge in [0.25, 0.3) is 0 Å². The summed E-state index contributed by atoms with van der Waals surface area (Å²) in [6.07, 6.45) is 0. The quantitative estimate of drug-likeness (QED) is 0.641. The van der Waals surface area contributed by atoms with Gasteiger partial charge in [-0.15, -0.1) is 0 Å². The predicted molar refractivity (Wildman–Crippen MR) is 60.7 cm³/mol. The normalized spacial score (nSPS) is 9.88. The fourth-order valence-electron chi connectivity index (χ4n) is 1.62. The van der Waals surface area contributed by atoms with Gasteiger partial charge in [0.2, 0.25) is 0 Å². The summed E-state index contributed by atoms with van der Waals surface area (Å²) in [6, 6.07) is 1.40. The zero-order chi connectivity index (χ0) is 13.2. The van der Waals surface area contributed by atoms with Crippen LogP contribution in [0.4, 0.5) is 0 Å². The lowest BCUT2D eigenvalue weighted by molar-refractivity contribution is 0.0596. The zero-order valence-electron chi connectivity index (χ0n) is 10.2. The summed E-state index contributed by atoms with van der Waals surface area (Å²) in [5.74, 6) is -1.17. The maximum atomic E-state index is 11.5. The average molecular weight is 238 g/mol. The number of ether oxygens (including phenoxy) is 2. The SMILES string of the molecule is COC(=O)c1c(C)c(C(C)=O)cc(OC)c1O. The monoisotopic (exact) mass is 238 g/mol. The fourth-order valence-corrected chi connectivity index (χ4v) is 1.62. The highest BCUT2D eigenvalue weighted by atomic mass is 16.5. The number of phenols is 1. The van der Waals surface area contributed by atoms with Crippen molar-refractivity contribution in [2.24, 2.45) is 0 Å². The molecule has 0 spiro atoms. The molecule has 0 aliphatic heterocycles. The molecule has 0 heterocycles. The van der Waals surface area contributed by atoms with Crippen LogP contribution in [0.2, 0.25) is 0 Å². The summed E-state index contributed by atoms with van der Waals surface area (Å²) >= 11 is 0. The largest absolute Gasteiger partial charge is 0.504 e. The Bertz CT molecular complexity index is 476. The maximum absolute atomic E-state index is 11.5. The van der Waals surface area contributed by atoms with E-state index >= 15 is 0 Å². The Kier molecular flexibility index (Phi) is 3.73. The van der Waals surface area contributed by atoms with E-state index < -0.39 is 5.97 Å². The summed E-state index contributed by atoms with van der Waals surface area (Å²) in [6.45, 7) is 2.95. The summed E-state index contributed by atoms with van der Waals surface area (Å²) in [5.41, 5.74) is 0.653. The van der Waals surface area contributed by atoms with Crippen LogP contribution in [-0.2, 0) is 4.74 Å². The number of carbonyl (C=O) groups is 2. The zero-order valence-corrected chi connectivity index (χ0v) is 10.2. The van der Waals surface area contributed by atoms with Crippen LogP contribution in [0.1, 0.15) is 33.2 Å². The lowest BCUT2D eigenvalue weighted by atomic mass is 9.98. The molecule has 1 N–H and O–H groups in total. The van der Waals surface area contributed by atoms with Gasteiger partial charge in [0.15, 0.2) is 17.3 Å². The van der Waals surface area contributed by atoms with E-state index in [1.54, 1.807) is 6.92 Å². The van der Waals surface area contributed by atoms with Gasteiger partial charge in [0.1, 0.15) is 5.56 Å². The molecule has 0 amide bonds. The van der Waals surface area contributed by atoms with Crippen molar-refractivity contribution in [3.63, 3.8) is 0 Å². The van der Waals surface area contributed by atoms with Crippen LogP contribution in [-0.4, -0.2) is 31.1 Å². The maximum Gasteiger partial charge on any atom is 0.342 e. The van der Waals surface area contributed by atoms with E-state index in [4.69, 9.17) is 4.74 Å². The van der Waals surface area contributed by atoms with E-state index in [-0.39, 0.29) is 22.8 Å². The summed E-state index contributed by atoms with van der Waals surface area (Å²) in [7, 11) is 2.55. The predicted octanol–water partition coefficient (Wildman–Crippen LogP) is 1.70. The van der Waals surface area contributed by atoms with Crippen molar-refractivity contribution in [2.45, 2.75) is 13.8 Å². The molecule has 92 valence electrons. The number of benzene rings is 1. The highest BCUT2D eigenvalue weighted by Crippen LogP contribution is 2.35. The number of rotatable bonds is 3. The van der Waals surface area contributed by atoms with Crippen molar-refractivity contribution >= 4 is 11.8 Å². The minimum atomic E-state index is -0.707. The molecule has 5 nitrogen and oxygen atoms in total. The molecule has 1 rings (SSSR count). The van der Waals surface area contributed by atoms with Gasteiger partial charge in [-0.25, -0.2) is 4.79 Å². The average Bonchev–Trinajstić information content (AvgIpc) is 2.28. The van der Waals surface area contributed by atoms with E-state index in [1.165, 1.54) is 27.2 Å².